The molecule has 0 aliphatic heterocycles. The number of aromatic nitrogens is 4. The minimum atomic E-state index is 0.673. The summed E-state index contributed by atoms with van der Waals surface area (Å²) in [5.41, 5.74) is 0. The lowest BCUT2D eigenvalue weighted by Gasteiger charge is -2.09. The molecule has 0 radical (unpaired) electrons. The zero-order valence-corrected chi connectivity index (χ0v) is 9.91. The standard InChI is InChI=1S/C11H17N5O/c1-17-10-5-13-11-12-4-7-15(11)8-9-16-6-2-3-14-16/h2-4,6-7H,5,8-10H2,1H3,(H,12,13). The molecule has 2 aromatic rings. The van der Waals surface area contributed by atoms with Gasteiger partial charge in [-0.25, -0.2) is 4.98 Å². The van der Waals surface area contributed by atoms with Gasteiger partial charge in [0.15, 0.2) is 0 Å². The van der Waals surface area contributed by atoms with E-state index in [4.69, 9.17) is 4.74 Å². The van der Waals surface area contributed by atoms with E-state index >= 15 is 0 Å². The number of hydrogen-bond acceptors (Lipinski definition) is 4. The summed E-state index contributed by atoms with van der Waals surface area (Å²) < 4.78 is 8.95. The van der Waals surface area contributed by atoms with Crippen molar-refractivity contribution < 1.29 is 4.74 Å². The number of ether oxygens (including phenoxy) is 1. The number of nitrogens with zero attached hydrogens (tertiary/aromatic N) is 4. The third-order valence-corrected chi connectivity index (χ3v) is 2.43. The second kappa shape index (κ2) is 6.05. The van der Waals surface area contributed by atoms with Gasteiger partial charge in [0.25, 0.3) is 0 Å². The van der Waals surface area contributed by atoms with Crippen molar-refractivity contribution in [1.29, 1.82) is 0 Å². The first-order valence-corrected chi connectivity index (χ1v) is 5.61. The van der Waals surface area contributed by atoms with E-state index in [0.717, 1.165) is 25.6 Å². The average molecular weight is 235 g/mol. The Morgan fingerprint density at radius 3 is 3.00 bits per heavy atom. The van der Waals surface area contributed by atoms with Crippen LogP contribution in [0.4, 0.5) is 5.95 Å². The predicted octanol–water partition coefficient (Wildman–Crippen LogP) is 0.838. The number of imidazole rings is 1. The molecule has 0 unspecified atom stereocenters. The van der Waals surface area contributed by atoms with E-state index in [-0.39, 0.29) is 0 Å². The van der Waals surface area contributed by atoms with Gasteiger partial charge in [0, 0.05) is 45.0 Å². The molecular weight excluding hydrogens is 218 g/mol. The molecule has 0 spiro atoms. The Bertz CT molecular complexity index is 423. The number of methoxy groups -OCH3 is 1. The van der Waals surface area contributed by atoms with Gasteiger partial charge in [0.2, 0.25) is 5.95 Å². The Labute approximate surface area is 100 Å². The van der Waals surface area contributed by atoms with Crippen LogP contribution in [0, 0.1) is 0 Å². The lowest BCUT2D eigenvalue weighted by Crippen LogP contribution is -2.14. The smallest absolute Gasteiger partial charge is 0.202 e. The van der Waals surface area contributed by atoms with Gasteiger partial charge in [-0.05, 0) is 6.07 Å². The van der Waals surface area contributed by atoms with Crippen molar-refractivity contribution in [3.63, 3.8) is 0 Å². The highest BCUT2D eigenvalue weighted by Crippen LogP contribution is 2.04. The van der Waals surface area contributed by atoms with E-state index < -0.39 is 0 Å². The zero-order valence-electron chi connectivity index (χ0n) is 9.91. The molecule has 92 valence electrons. The summed E-state index contributed by atoms with van der Waals surface area (Å²) in [5.74, 6) is 0.870. The van der Waals surface area contributed by atoms with Gasteiger partial charge in [0.1, 0.15) is 0 Å². The number of rotatable bonds is 7. The molecule has 0 aromatic carbocycles. The first-order chi connectivity index (χ1) is 8.40. The molecule has 6 heteroatoms. The van der Waals surface area contributed by atoms with Crippen LogP contribution >= 0.6 is 0 Å². The quantitative estimate of drug-likeness (QED) is 0.722. The molecule has 0 aliphatic rings. The number of hydrogen-bond donors (Lipinski definition) is 1. The van der Waals surface area contributed by atoms with Crippen molar-refractivity contribution in [2.45, 2.75) is 13.1 Å². The molecular formula is C11H17N5O. The summed E-state index contributed by atoms with van der Waals surface area (Å²) in [6.45, 7) is 3.11. The minimum absolute atomic E-state index is 0.673. The van der Waals surface area contributed by atoms with Crippen LogP contribution in [0.5, 0.6) is 0 Å². The molecule has 0 saturated heterocycles. The summed E-state index contributed by atoms with van der Waals surface area (Å²) in [6.07, 6.45) is 7.48. The predicted molar refractivity (Wildman–Crippen MR) is 64.8 cm³/mol. The lowest BCUT2D eigenvalue weighted by atomic mass is 10.6. The fourth-order valence-electron chi connectivity index (χ4n) is 1.56. The second-order valence-electron chi connectivity index (χ2n) is 3.63. The van der Waals surface area contributed by atoms with E-state index in [0.29, 0.717) is 6.61 Å². The topological polar surface area (TPSA) is 56.9 Å². The molecule has 0 fully saturated rings. The molecule has 6 nitrogen and oxygen atoms in total. The largest absolute Gasteiger partial charge is 0.383 e. The zero-order chi connectivity index (χ0) is 11.9. The van der Waals surface area contributed by atoms with Crippen molar-refractivity contribution in [2.24, 2.45) is 0 Å². The average Bonchev–Trinajstić information content (AvgIpc) is 2.97. The normalized spacial score (nSPS) is 10.6. The van der Waals surface area contributed by atoms with Gasteiger partial charge in [0.05, 0.1) is 13.2 Å². The maximum atomic E-state index is 4.99. The third kappa shape index (κ3) is 3.32. The van der Waals surface area contributed by atoms with Crippen LogP contribution in [0.1, 0.15) is 0 Å². The van der Waals surface area contributed by atoms with Crippen molar-refractivity contribution in [3.8, 4) is 0 Å². The molecule has 2 rings (SSSR count). The highest BCUT2D eigenvalue weighted by Gasteiger charge is 2.01. The van der Waals surface area contributed by atoms with Crippen molar-refractivity contribution >= 4 is 5.95 Å². The van der Waals surface area contributed by atoms with E-state index in [1.54, 1.807) is 19.5 Å². The number of anilines is 1. The third-order valence-electron chi connectivity index (χ3n) is 2.43. The van der Waals surface area contributed by atoms with Crippen LogP contribution in [0.25, 0.3) is 0 Å². The SMILES string of the molecule is COCCNc1nccn1CCn1cccn1. The van der Waals surface area contributed by atoms with Crippen molar-refractivity contribution in [3.05, 3.63) is 30.9 Å². The Morgan fingerprint density at radius 1 is 1.29 bits per heavy atom. The first kappa shape index (κ1) is 11.7. The monoisotopic (exact) mass is 235 g/mol. The molecule has 2 aromatic heterocycles. The van der Waals surface area contributed by atoms with Gasteiger partial charge >= 0.3 is 0 Å². The van der Waals surface area contributed by atoms with Crippen molar-refractivity contribution in [1.82, 2.24) is 19.3 Å². The molecule has 2 heterocycles. The molecule has 17 heavy (non-hydrogen) atoms. The van der Waals surface area contributed by atoms with E-state index in [9.17, 15) is 0 Å². The molecule has 0 saturated carbocycles. The fourth-order valence-corrected chi connectivity index (χ4v) is 1.56. The molecule has 1 N–H and O–H groups in total. The van der Waals surface area contributed by atoms with E-state index in [1.807, 2.05) is 23.1 Å². The lowest BCUT2D eigenvalue weighted by molar-refractivity contribution is 0.210. The Morgan fingerprint density at radius 2 is 2.24 bits per heavy atom. The molecule has 0 aliphatic carbocycles. The maximum Gasteiger partial charge on any atom is 0.202 e. The summed E-state index contributed by atoms with van der Waals surface area (Å²) >= 11 is 0. The molecule has 0 atom stereocenters. The van der Waals surface area contributed by atoms with E-state index in [1.165, 1.54) is 0 Å². The van der Waals surface area contributed by atoms with Gasteiger partial charge in [-0.3, -0.25) is 4.68 Å². The highest BCUT2D eigenvalue weighted by molar-refractivity contribution is 5.25. The summed E-state index contributed by atoms with van der Waals surface area (Å²) in [4.78, 5) is 4.25. The van der Waals surface area contributed by atoms with Gasteiger partial charge in [-0.15, -0.1) is 0 Å². The van der Waals surface area contributed by atoms with Gasteiger partial charge < -0.3 is 14.6 Å². The summed E-state index contributed by atoms with van der Waals surface area (Å²) in [7, 11) is 1.69. The van der Waals surface area contributed by atoms with Crippen LogP contribution < -0.4 is 5.32 Å². The summed E-state index contributed by atoms with van der Waals surface area (Å²) in [6, 6.07) is 1.92. The molecule has 0 bridgehead atoms. The summed E-state index contributed by atoms with van der Waals surface area (Å²) in [5, 5.41) is 7.38. The first-order valence-electron chi connectivity index (χ1n) is 5.61. The Hall–Kier alpha value is -1.82. The molecule has 0 amide bonds. The maximum absolute atomic E-state index is 4.99. The van der Waals surface area contributed by atoms with Crippen LogP contribution in [0.3, 0.4) is 0 Å². The minimum Gasteiger partial charge on any atom is -0.383 e. The number of nitrogens with one attached hydrogen (secondary N) is 1. The highest BCUT2D eigenvalue weighted by atomic mass is 16.5. The second-order valence-corrected chi connectivity index (χ2v) is 3.63. The number of aryl methyl sites for hydroxylation is 2. The van der Waals surface area contributed by atoms with Gasteiger partial charge in [-0.1, -0.05) is 0 Å². The van der Waals surface area contributed by atoms with Gasteiger partial charge in [-0.2, -0.15) is 5.10 Å². The van der Waals surface area contributed by atoms with Crippen molar-refractivity contribution in [2.75, 3.05) is 25.6 Å². The Balaban J connectivity index is 1.85. The van der Waals surface area contributed by atoms with Crippen LogP contribution in [-0.4, -0.2) is 39.6 Å². The Kier molecular flexibility index (Phi) is 4.15. The van der Waals surface area contributed by atoms with Crippen LogP contribution in [0.2, 0.25) is 0 Å². The van der Waals surface area contributed by atoms with Crippen LogP contribution in [0.15, 0.2) is 30.9 Å². The van der Waals surface area contributed by atoms with E-state index in [2.05, 4.69) is 20.0 Å². The van der Waals surface area contributed by atoms with Crippen LogP contribution in [-0.2, 0) is 17.8 Å². The fraction of sp³-hybridized carbons (Fsp3) is 0.455.